The molecule has 0 aliphatic carbocycles. The van der Waals surface area contributed by atoms with Crippen molar-refractivity contribution in [2.75, 3.05) is 29.9 Å². The summed E-state index contributed by atoms with van der Waals surface area (Å²) in [7, 11) is -3.02. The Morgan fingerprint density at radius 1 is 1.29 bits per heavy atom. The topological polar surface area (TPSA) is 92.3 Å². The van der Waals surface area contributed by atoms with Gasteiger partial charge in [-0.3, -0.25) is 5.32 Å². The zero-order chi connectivity index (χ0) is 15.7. The third-order valence-electron chi connectivity index (χ3n) is 3.15. The summed E-state index contributed by atoms with van der Waals surface area (Å²) in [6, 6.07) is -0.316. The molecule has 118 valence electrons. The van der Waals surface area contributed by atoms with Crippen molar-refractivity contribution in [1.29, 1.82) is 0 Å². The Balaban J connectivity index is 2.00. The smallest absolute Gasteiger partial charge is 0.323 e. The van der Waals surface area contributed by atoms with Gasteiger partial charge in [0.25, 0.3) is 0 Å². The molecule has 21 heavy (non-hydrogen) atoms. The minimum atomic E-state index is -3.02. The fraction of sp³-hybridized carbons (Fsp3) is 0.750. The molecule has 1 aliphatic heterocycles. The van der Waals surface area contributed by atoms with Crippen LogP contribution in [0, 0.1) is 0 Å². The van der Waals surface area contributed by atoms with E-state index in [4.69, 9.17) is 0 Å². The van der Waals surface area contributed by atoms with Crippen LogP contribution in [0.4, 0.5) is 9.93 Å². The van der Waals surface area contributed by atoms with Crippen LogP contribution < -0.4 is 5.32 Å². The second kappa shape index (κ2) is 5.88. The number of carbonyl (C=O) groups is 1. The van der Waals surface area contributed by atoms with Crippen LogP contribution in [0.3, 0.4) is 0 Å². The monoisotopic (exact) mass is 332 g/mol. The van der Waals surface area contributed by atoms with Crippen LogP contribution in [0.2, 0.25) is 0 Å². The first-order valence-electron chi connectivity index (χ1n) is 6.78. The van der Waals surface area contributed by atoms with Gasteiger partial charge in [-0.05, 0) is 6.42 Å². The number of hydrogen-bond donors (Lipinski definition) is 1. The van der Waals surface area contributed by atoms with E-state index >= 15 is 0 Å². The molecule has 0 unspecified atom stereocenters. The molecule has 1 fully saturated rings. The van der Waals surface area contributed by atoms with Crippen molar-refractivity contribution >= 4 is 32.5 Å². The second-order valence-corrected chi connectivity index (χ2v) is 9.15. The van der Waals surface area contributed by atoms with E-state index < -0.39 is 9.84 Å². The number of rotatable bonds is 1. The first kappa shape index (κ1) is 16.2. The molecule has 2 heterocycles. The summed E-state index contributed by atoms with van der Waals surface area (Å²) in [5.41, 5.74) is -0.170. The molecule has 0 saturated carbocycles. The maximum absolute atomic E-state index is 12.1. The summed E-state index contributed by atoms with van der Waals surface area (Å²) in [6.45, 7) is 6.66. The third kappa shape index (κ3) is 4.37. The predicted molar refractivity (Wildman–Crippen MR) is 82.5 cm³/mol. The minimum Gasteiger partial charge on any atom is -0.323 e. The maximum Gasteiger partial charge on any atom is 0.323 e. The summed E-state index contributed by atoms with van der Waals surface area (Å²) in [5.74, 6) is 0.842. The summed E-state index contributed by atoms with van der Waals surface area (Å²) in [5, 5.41) is 3.14. The van der Waals surface area contributed by atoms with Gasteiger partial charge < -0.3 is 4.90 Å². The van der Waals surface area contributed by atoms with Crippen LogP contribution >= 0.6 is 11.5 Å². The average Bonchev–Trinajstić information content (AvgIpc) is 2.73. The van der Waals surface area contributed by atoms with Gasteiger partial charge in [-0.2, -0.15) is 4.37 Å². The molecule has 2 rings (SSSR count). The van der Waals surface area contributed by atoms with Crippen molar-refractivity contribution in [3.63, 3.8) is 0 Å². The number of carbonyl (C=O) groups excluding carboxylic acids is 1. The second-order valence-electron chi connectivity index (χ2n) is 6.10. The van der Waals surface area contributed by atoms with Crippen LogP contribution in [-0.2, 0) is 15.3 Å². The largest absolute Gasteiger partial charge is 0.323 e. The number of urea groups is 1. The van der Waals surface area contributed by atoms with Crippen molar-refractivity contribution in [2.24, 2.45) is 0 Å². The minimum absolute atomic E-state index is 0.0176. The van der Waals surface area contributed by atoms with Crippen LogP contribution in [-0.4, -0.2) is 53.3 Å². The lowest BCUT2D eigenvalue weighted by Gasteiger charge is -2.19. The molecule has 1 aromatic heterocycles. The molecule has 0 spiro atoms. The molecular formula is C12H20N4O3S2. The number of anilines is 1. The first-order chi connectivity index (χ1) is 9.67. The normalized spacial score (nSPS) is 19.1. The Morgan fingerprint density at radius 3 is 2.62 bits per heavy atom. The maximum atomic E-state index is 12.1. The van der Waals surface area contributed by atoms with Crippen molar-refractivity contribution < 1.29 is 13.2 Å². The standard InChI is InChI=1S/C12H20N4O3S2/c1-12(2,3)9-13-10(20-15-9)14-11(17)16-5-4-7-21(18,19)8-6-16/h4-8H2,1-3H3,(H,13,14,15,17). The van der Waals surface area contributed by atoms with Gasteiger partial charge in [0.1, 0.15) is 5.82 Å². The summed E-state index contributed by atoms with van der Waals surface area (Å²) in [6.07, 6.45) is 0.471. The van der Waals surface area contributed by atoms with Gasteiger partial charge in [0.2, 0.25) is 5.13 Å². The Morgan fingerprint density at radius 2 is 2.00 bits per heavy atom. The molecule has 1 aromatic rings. The molecule has 2 amide bonds. The Bertz CT molecular complexity index is 619. The predicted octanol–water partition coefficient (Wildman–Crippen LogP) is 1.49. The van der Waals surface area contributed by atoms with E-state index in [2.05, 4.69) is 14.7 Å². The van der Waals surface area contributed by atoms with Gasteiger partial charge in [-0.1, -0.05) is 20.8 Å². The van der Waals surface area contributed by atoms with Crippen molar-refractivity contribution in [3.8, 4) is 0 Å². The molecule has 0 atom stereocenters. The average molecular weight is 332 g/mol. The summed E-state index contributed by atoms with van der Waals surface area (Å²) >= 11 is 1.14. The summed E-state index contributed by atoms with van der Waals surface area (Å²) in [4.78, 5) is 18.0. The highest BCUT2D eigenvalue weighted by molar-refractivity contribution is 7.91. The van der Waals surface area contributed by atoms with E-state index in [1.807, 2.05) is 20.8 Å². The fourth-order valence-corrected chi connectivity index (χ4v) is 3.91. The number of hydrogen-bond acceptors (Lipinski definition) is 6. The van der Waals surface area contributed by atoms with E-state index in [1.54, 1.807) is 0 Å². The Kier molecular flexibility index (Phi) is 4.52. The molecule has 9 heteroatoms. The highest BCUT2D eigenvalue weighted by Crippen LogP contribution is 2.23. The molecule has 7 nitrogen and oxygen atoms in total. The van der Waals surface area contributed by atoms with Gasteiger partial charge in [-0.25, -0.2) is 18.2 Å². The quantitative estimate of drug-likeness (QED) is 0.841. The highest BCUT2D eigenvalue weighted by atomic mass is 32.2. The molecule has 0 bridgehead atoms. The Labute approximate surface area is 128 Å². The van der Waals surface area contributed by atoms with Crippen molar-refractivity contribution in [3.05, 3.63) is 5.82 Å². The van der Waals surface area contributed by atoms with Gasteiger partial charge in [0.05, 0.1) is 11.5 Å². The zero-order valence-corrected chi connectivity index (χ0v) is 14.1. The zero-order valence-electron chi connectivity index (χ0n) is 12.4. The molecule has 1 aliphatic rings. The van der Waals surface area contributed by atoms with E-state index in [1.165, 1.54) is 4.90 Å². The van der Waals surface area contributed by atoms with Gasteiger partial charge in [0.15, 0.2) is 9.84 Å². The van der Waals surface area contributed by atoms with Gasteiger partial charge >= 0.3 is 6.03 Å². The molecule has 1 N–H and O–H groups in total. The SMILES string of the molecule is CC(C)(C)c1nsc(NC(=O)N2CCCS(=O)(=O)CC2)n1. The Hall–Kier alpha value is -1.22. The molecular weight excluding hydrogens is 312 g/mol. The van der Waals surface area contributed by atoms with E-state index in [0.29, 0.717) is 23.9 Å². The highest BCUT2D eigenvalue weighted by Gasteiger charge is 2.24. The lowest BCUT2D eigenvalue weighted by atomic mass is 9.96. The van der Waals surface area contributed by atoms with Gasteiger partial charge in [0, 0.05) is 30.0 Å². The van der Waals surface area contributed by atoms with Crippen molar-refractivity contribution in [2.45, 2.75) is 32.6 Å². The van der Waals surface area contributed by atoms with Crippen LogP contribution in [0.25, 0.3) is 0 Å². The van der Waals surface area contributed by atoms with Crippen LogP contribution in [0.15, 0.2) is 0 Å². The summed E-state index contributed by atoms with van der Waals surface area (Å²) < 4.78 is 27.3. The first-order valence-corrected chi connectivity index (χ1v) is 9.37. The van der Waals surface area contributed by atoms with E-state index in [-0.39, 0.29) is 29.5 Å². The lowest BCUT2D eigenvalue weighted by Crippen LogP contribution is -2.37. The molecule has 0 aromatic carbocycles. The lowest BCUT2D eigenvalue weighted by molar-refractivity contribution is 0.215. The van der Waals surface area contributed by atoms with Gasteiger partial charge in [-0.15, -0.1) is 0 Å². The third-order valence-corrected chi connectivity index (χ3v) is 5.50. The number of nitrogens with zero attached hydrogens (tertiary/aromatic N) is 3. The number of amides is 2. The van der Waals surface area contributed by atoms with E-state index in [0.717, 1.165) is 11.5 Å². The van der Waals surface area contributed by atoms with Crippen molar-refractivity contribution in [1.82, 2.24) is 14.3 Å². The van der Waals surface area contributed by atoms with Crippen LogP contribution in [0.5, 0.6) is 0 Å². The number of nitrogens with one attached hydrogen (secondary N) is 1. The fourth-order valence-electron chi connectivity index (χ4n) is 1.89. The number of aromatic nitrogens is 2. The molecule has 0 radical (unpaired) electrons. The van der Waals surface area contributed by atoms with E-state index in [9.17, 15) is 13.2 Å². The molecule has 1 saturated heterocycles. The van der Waals surface area contributed by atoms with Crippen LogP contribution in [0.1, 0.15) is 33.0 Å². The number of sulfone groups is 1.